The lowest BCUT2D eigenvalue weighted by molar-refractivity contribution is -0.118. The summed E-state index contributed by atoms with van der Waals surface area (Å²) >= 11 is 0. The summed E-state index contributed by atoms with van der Waals surface area (Å²) in [6.07, 6.45) is 3.80. The van der Waals surface area contributed by atoms with E-state index in [1.807, 2.05) is 20.8 Å². The number of rotatable bonds is 8. The number of carbonyl (C=O) groups is 1. The molecule has 0 bridgehead atoms. The number of benzene rings is 1. The number of nitrogens with one attached hydrogen (secondary N) is 1. The van der Waals surface area contributed by atoms with Crippen molar-refractivity contribution in [3.05, 3.63) is 29.8 Å². The summed E-state index contributed by atoms with van der Waals surface area (Å²) in [6, 6.07) is 4.52. The summed E-state index contributed by atoms with van der Waals surface area (Å²) < 4.78 is 34.4. The van der Waals surface area contributed by atoms with Gasteiger partial charge in [0.1, 0.15) is 0 Å². The molecule has 0 aliphatic heterocycles. The fourth-order valence-corrected chi connectivity index (χ4v) is 1.73. The molecule has 23 heavy (non-hydrogen) atoms. The Balaban J connectivity index is 2.86. The number of carbonyl (C=O) groups excluding carboxylic acids is 1. The predicted octanol–water partition coefficient (Wildman–Crippen LogP) is 4.00. The fraction of sp³-hybridized carbons (Fsp3) is 0.471. The van der Waals surface area contributed by atoms with E-state index in [1.165, 1.54) is 12.1 Å². The van der Waals surface area contributed by atoms with Gasteiger partial charge in [-0.05, 0) is 51.0 Å². The maximum atomic E-state index is 12.3. The van der Waals surface area contributed by atoms with Gasteiger partial charge < -0.3 is 14.8 Å². The van der Waals surface area contributed by atoms with Crippen LogP contribution in [0.1, 0.15) is 39.7 Å². The van der Waals surface area contributed by atoms with Crippen LogP contribution in [-0.2, 0) is 4.79 Å². The molecule has 1 aromatic rings. The molecular weight excluding hydrogens is 304 g/mol. The average molecular weight is 327 g/mol. The van der Waals surface area contributed by atoms with Crippen molar-refractivity contribution in [3.8, 4) is 11.5 Å². The molecule has 0 spiro atoms. The molecule has 0 saturated heterocycles. The fourth-order valence-electron chi connectivity index (χ4n) is 1.73. The van der Waals surface area contributed by atoms with Crippen LogP contribution in [0.5, 0.6) is 11.5 Å². The van der Waals surface area contributed by atoms with Gasteiger partial charge in [0.15, 0.2) is 11.5 Å². The number of amides is 1. The largest absolute Gasteiger partial charge is 0.490 e. The number of alkyl halides is 2. The number of halogens is 2. The number of ether oxygens (including phenoxy) is 2. The first-order valence-corrected chi connectivity index (χ1v) is 7.49. The molecule has 0 saturated carbocycles. The highest BCUT2D eigenvalue weighted by Crippen LogP contribution is 2.30. The molecule has 1 amide bonds. The minimum Gasteiger partial charge on any atom is -0.490 e. The van der Waals surface area contributed by atoms with Gasteiger partial charge in [0.25, 0.3) is 0 Å². The van der Waals surface area contributed by atoms with Gasteiger partial charge in [-0.2, -0.15) is 8.78 Å². The monoisotopic (exact) mass is 327 g/mol. The van der Waals surface area contributed by atoms with Crippen LogP contribution in [0.2, 0.25) is 0 Å². The molecule has 0 heterocycles. The summed E-state index contributed by atoms with van der Waals surface area (Å²) in [6.45, 7) is 5.00. The van der Waals surface area contributed by atoms with Crippen LogP contribution in [0.25, 0.3) is 6.08 Å². The highest BCUT2D eigenvalue weighted by molar-refractivity contribution is 5.92. The number of hydrogen-bond acceptors (Lipinski definition) is 3. The second-order valence-electron chi connectivity index (χ2n) is 5.58. The lowest BCUT2D eigenvalue weighted by Gasteiger charge is -2.23. The summed E-state index contributed by atoms with van der Waals surface area (Å²) in [7, 11) is 0. The highest BCUT2D eigenvalue weighted by Gasteiger charge is 2.16. The van der Waals surface area contributed by atoms with Crippen molar-refractivity contribution in [2.24, 2.45) is 0 Å². The first-order valence-electron chi connectivity index (χ1n) is 7.49. The Labute approximate surface area is 135 Å². The molecule has 0 fully saturated rings. The highest BCUT2D eigenvalue weighted by atomic mass is 19.3. The summed E-state index contributed by atoms with van der Waals surface area (Å²) in [4.78, 5) is 11.9. The molecule has 4 nitrogen and oxygen atoms in total. The summed E-state index contributed by atoms with van der Waals surface area (Å²) in [5.74, 6) is -0.0393. The molecule has 128 valence electrons. The van der Waals surface area contributed by atoms with Gasteiger partial charge in [0.2, 0.25) is 5.91 Å². The zero-order valence-electron chi connectivity index (χ0n) is 13.9. The molecule has 0 aromatic heterocycles. The maximum Gasteiger partial charge on any atom is 0.387 e. The van der Waals surface area contributed by atoms with E-state index in [1.54, 1.807) is 25.1 Å². The van der Waals surface area contributed by atoms with Gasteiger partial charge >= 0.3 is 6.61 Å². The van der Waals surface area contributed by atoms with Crippen molar-refractivity contribution in [2.45, 2.75) is 46.3 Å². The minimum atomic E-state index is -2.92. The molecule has 0 aliphatic rings. The quantitative estimate of drug-likeness (QED) is 0.734. The van der Waals surface area contributed by atoms with E-state index >= 15 is 0 Å². The SMILES string of the molecule is CCOc1cc(C=CC(=O)NC(C)(C)CC)ccc1OC(F)F. The average Bonchev–Trinajstić information content (AvgIpc) is 2.47. The second kappa shape index (κ2) is 8.50. The van der Waals surface area contributed by atoms with Crippen LogP contribution in [0.4, 0.5) is 8.78 Å². The van der Waals surface area contributed by atoms with Gasteiger partial charge in [0.05, 0.1) is 6.61 Å². The van der Waals surface area contributed by atoms with E-state index in [0.717, 1.165) is 6.42 Å². The Morgan fingerprint density at radius 2 is 2.00 bits per heavy atom. The molecule has 0 atom stereocenters. The van der Waals surface area contributed by atoms with Crippen LogP contribution >= 0.6 is 0 Å². The van der Waals surface area contributed by atoms with Crippen LogP contribution in [0, 0.1) is 0 Å². The Kier molecular flexibility index (Phi) is 7.00. The standard InChI is InChI=1S/C17H23F2NO3/c1-5-17(3,4)20-15(21)10-8-12-7-9-13(23-16(18)19)14(11-12)22-6-2/h7-11,16H,5-6H2,1-4H3,(H,20,21). The van der Waals surface area contributed by atoms with Gasteiger partial charge in [-0.1, -0.05) is 13.0 Å². The van der Waals surface area contributed by atoms with E-state index in [2.05, 4.69) is 10.1 Å². The van der Waals surface area contributed by atoms with E-state index in [9.17, 15) is 13.6 Å². The smallest absolute Gasteiger partial charge is 0.387 e. The normalized spacial score (nSPS) is 11.8. The van der Waals surface area contributed by atoms with Crippen molar-refractivity contribution in [1.29, 1.82) is 0 Å². The van der Waals surface area contributed by atoms with Crippen molar-refractivity contribution in [1.82, 2.24) is 5.32 Å². The summed E-state index contributed by atoms with van der Waals surface area (Å²) in [5, 5.41) is 2.87. The van der Waals surface area contributed by atoms with E-state index in [-0.39, 0.29) is 22.9 Å². The lowest BCUT2D eigenvalue weighted by atomic mass is 10.0. The predicted molar refractivity (Wildman–Crippen MR) is 85.8 cm³/mol. The van der Waals surface area contributed by atoms with E-state index in [4.69, 9.17) is 4.74 Å². The molecular formula is C17H23F2NO3. The van der Waals surface area contributed by atoms with Gasteiger partial charge in [0, 0.05) is 11.6 Å². The lowest BCUT2D eigenvalue weighted by Crippen LogP contribution is -2.41. The Bertz CT molecular complexity index is 557. The van der Waals surface area contributed by atoms with Crippen LogP contribution in [-0.4, -0.2) is 24.7 Å². The zero-order valence-corrected chi connectivity index (χ0v) is 13.9. The zero-order chi connectivity index (χ0) is 17.5. The van der Waals surface area contributed by atoms with Crippen molar-refractivity contribution in [2.75, 3.05) is 6.61 Å². The minimum absolute atomic E-state index is 0.0319. The number of hydrogen-bond donors (Lipinski definition) is 1. The van der Waals surface area contributed by atoms with Gasteiger partial charge in [-0.3, -0.25) is 4.79 Å². The van der Waals surface area contributed by atoms with Crippen LogP contribution in [0.3, 0.4) is 0 Å². The van der Waals surface area contributed by atoms with Crippen molar-refractivity contribution < 1.29 is 23.0 Å². The third-order valence-corrected chi connectivity index (χ3v) is 3.26. The molecule has 0 unspecified atom stereocenters. The molecule has 6 heteroatoms. The third kappa shape index (κ3) is 6.67. The van der Waals surface area contributed by atoms with Crippen LogP contribution in [0.15, 0.2) is 24.3 Å². The molecule has 0 radical (unpaired) electrons. The van der Waals surface area contributed by atoms with Crippen molar-refractivity contribution in [3.63, 3.8) is 0 Å². The van der Waals surface area contributed by atoms with Gasteiger partial charge in [-0.15, -0.1) is 0 Å². The topological polar surface area (TPSA) is 47.6 Å². The Morgan fingerprint density at radius 1 is 1.30 bits per heavy atom. The maximum absolute atomic E-state index is 12.3. The van der Waals surface area contributed by atoms with Gasteiger partial charge in [-0.25, -0.2) is 0 Å². The Morgan fingerprint density at radius 3 is 2.57 bits per heavy atom. The van der Waals surface area contributed by atoms with E-state index < -0.39 is 6.61 Å². The molecule has 0 aliphatic carbocycles. The van der Waals surface area contributed by atoms with Crippen molar-refractivity contribution >= 4 is 12.0 Å². The first-order chi connectivity index (χ1) is 10.8. The first kappa shape index (κ1) is 18.9. The molecule has 1 aromatic carbocycles. The van der Waals surface area contributed by atoms with Crippen LogP contribution < -0.4 is 14.8 Å². The third-order valence-electron chi connectivity index (χ3n) is 3.26. The Hall–Kier alpha value is -2.11. The van der Waals surface area contributed by atoms with E-state index in [0.29, 0.717) is 12.2 Å². The molecule has 1 rings (SSSR count). The molecule has 1 N–H and O–H groups in total. The summed E-state index contributed by atoms with van der Waals surface area (Å²) in [5.41, 5.74) is 0.367. The second-order valence-corrected chi connectivity index (χ2v) is 5.58.